The van der Waals surface area contributed by atoms with Gasteiger partial charge in [0.15, 0.2) is 0 Å². The molecule has 194 valence electrons. The summed E-state index contributed by atoms with van der Waals surface area (Å²) in [7, 11) is 1.61. The Kier molecular flexibility index (Phi) is 6.03. The second-order valence-corrected chi connectivity index (χ2v) is 9.40. The molecule has 0 fully saturated rings. The maximum Gasteiger partial charge on any atom is 0.416 e. The number of rotatable bonds is 6. The highest BCUT2D eigenvalue weighted by Crippen LogP contribution is 2.52. The highest BCUT2D eigenvalue weighted by atomic mass is 19.4. The molecule has 4 aromatic carbocycles. The van der Waals surface area contributed by atoms with E-state index < -0.39 is 17.2 Å². The van der Waals surface area contributed by atoms with Crippen LogP contribution in [0.4, 0.5) is 13.2 Å². The van der Waals surface area contributed by atoms with Gasteiger partial charge >= 0.3 is 6.18 Å². The summed E-state index contributed by atoms with van der Waals surface area (Å²) in [4.78, 5) is 7.08. The van der Waals surface area contributed by atoms with Crippen molar-refractivity contribution in [3.8, 4) is 16.9 Å². The van der Waals surface area contributed by atoms with Gasteiger partial charge in [-0.05, 0) is 47.5 Å². The first-order valence-electron chi connectivity index (χ1n) is 12.6. The zero-order valence-corrected chi connectivity index (χ0v) is 21.1. The summed E-state index contributed by atoms with van der Waals surface area (Å²) in [5.74, 6) is 0.615. The van der Waals surface area contributed by atoms with Crippen LogP contribution in [-0.4, -0.2) is 17.1 Å². The standard InChI is InChI=1S/C33H25F3N2O/c1-39-28-15-8-6-13-26(28)32(29-16-9-21-37-29,23-17-19-24(20-18-23)33(34,35)36)31-30(22-10-3-2-4-11-22)25-12-5-7-14-27(25)38-31/h2-21,37-38H,1H3/t32-/m0/s1. The van der Waals surface area contributed by atoms with Crippen LogP contribution in [0.25, 0.3) is 22.0 Å². The minimum atomic E-state index is -4.45. The zero-order chi connectivity index (χ0) is 27.0. The fourth-order valence-electron chi connectivity index (χ4n) is 5.62. The zero-order valence-electron chi connectivity index (χ0n) is 21.1. The van der Waals surface area contributed by atoms with Gasteiger partial charge in [-0.1, -0.05) is 78.9 Å². The molecule has 1 atom stereocenters. The van der Waals surface area contributed by atoms with Gasteiger partial charge in [0, 0.05) is 39.6 Å². The van der Waals surface area contributed by atoms with Gasteiger partial charge in [-0.2, -0.15) is 13.2 Å². The number of methoxy groups -OCH3 is 1. The number of nitrogens with one attached hydrogen (secondary N) is 2. The van der Waals surface area contributed by atoms with Crippen molar-refractivity contribution in [3.63, 3.8) is 0 Å². The first-order chi connectivity index (χ1) is 18.9. The number of aromatic amines is 2. The van der Waals surface area contributed by atoms with Crippen molar-refractivity contribution in [2.45, 2.75) is 11.6 Å². The van der Waals surface area contributed by atoms with E-state index in [-0.39, 0.29) is 0 Å². The van der Waals surface area contributed by atoms with E-state index in [1.807, 2.05) is 91.1 Å². The van der Waals surface area contributed by atoms with E-state index in [2.05, 4.69) is 16.0 Å². The lowest BCUT2D eigenvalue weighted by Crippen LogP contribution is -2.33. The average molecular weight is 523 g/mol. The molecule has 3 nitrogen and oxygen atoms in total. The molecule has 6 rings (SSSR count). The van der Waals surface area contributed by atoms with E-state index >= 15 is 0 Å². The number of para-hydroxylation sites is 2. The quantitative estimate of drug-likeness (QED) is 0.226. The molecule has 0 saturated carbocycles. The fraction of sp³-hybridized carbons (Fsp3) is 0.0909. The minimum Gasteiger partial charge on any atom is -0.496 e. The van der Waals surface area contributed by atoms with Crippen molar-refractivity contribution in [1.29, 1.82) is 0 Å². The summed E-state index contributed by atoms with van der Waals surface area (Å²) < 4.78 is 46.8. The number of H-pyrrole nitrogens is 2. The van der Waals surface area contributed by atoms with Crippen LogP contribution in [0.15, 0.2) is 121 Å². The van der Waals surface area contributed by atoms with Crippen LogP contribution < -0.4 is 4.74 Å². The lowest BCUT2D eigenvalue weighted by Gasteiger charge is -2.36. The lowest BCUT2D eigenvalue weighted by atomic mass is 9.67. The SMILES string of the molecule is COc1ccccc1[C@@](c1ccc(C(F)(F)F)cc1)(c1ccc[nH]1)c1[nH]c2ccccc2c1-c1ccccc1. The molecule has 2 aromatic heterocycles. The molecule has 2 heterocycles. The van der Waals surface area contributed by atoms with E-state index in [1.165, 1.54) is 0 Å². The largest absolute Gasteiger partial charge is 0.496 e. The van der Waals surface area contributed by atoms with E-state index in [4.69, 9.17) is 4.74 Å². The Morgan fingerprint density at radius 2 is 1.33 bits per heavy atom. The number of ether oxygens (including phenoxy) is 1. The average Bonchev–Trinajstić information content (AvgIpc) is 3.63. The van der Waals surface area contributed by atoms with Crippen LogP contribution in [0.5, 0.6) is 5.75 Å². The Morgan fingerprint density at radius 1 is 0.667 bits per heavy atom. The molecule has 0 saturated heterocycles. The first-order valence-corrected chi connectivity index (χ1v) is 12.6. The van der Waals surface area contributed by atoms with Crippen molar-refractivity contribution < 1.29 is 17.9 Å². The summed E-state index contributed by atoms with van der Waals surface area (Å²) in [5.41, 5.74) is 4.15. The lowest BCUT2D eigenvalue weighted by molar-refractivity contribution is -0.137. The number of aromatic nitrogens is 2. The van der Waals surface area contributed by atoms with E-state index in [0.29, 0.717) is 11.3 Å². The van der Waals surface area contributed by atoms with E-state index in [1.54, 1.807) is 19.2 Å². The van der Waals surface area contributed by atoms with Crippen LogP contribution in [0.1, 0.15) is 28.1 Å². The predicted octanol–water partition coefficient (Wildman–Crippen LogP) is 8.57. The Hall–Kier alpha value is -4.71. The van der Waals surface area contributed by atoms with Gasteiger partial charge in [-0.25, -0.2) is 0 Å². The predicted molar refractivity (Wildman–Crippen MR) is 148 cm³/mol. The van der Waals surface area contributed by atoms with Crippen LogP contribution in [0, 0.1) is 0 Å². The van der Waals surface area contributed by atoms with Gasteiger partial charge in [-0.15, -0.1) is 0 Å². The third-order valence-electron chi connectivity index (χ3n) is 7.30. The third kappa shape index (κ3) is 4.00. The van der Waals surface area contributed by atoms with Gasteiger partial charge in [0.2, 0.25) is 0 Å². The van der Waals surface area contributed by atoms with Gasteiger partial charge < -0.3 is 14.7 Å². The summed E-state index contributed by atoms with van der Waals surface area (Å²) >= 11 is 0. The Bertz CT molecular complexity index is 1720. The number of hydrogen-bond donors (Lipinski definition) is 2. The van der Waals surface area contributed by atoms with E-state index in [9.17, 15) is 13.2 Å². The van der Waals surface area contributed by atoms with Gasteiger partial charge in [0.05, 0.1) is 12.7 Å². The molecule has 2 N–H and O–H groups in total. The first kappa shape index (κ1) is 24.6. The Labute approximate surface area is 223 Å². The molecule has 6 aromatic rings. The highest BCUT2D eigenvalue weighted by molar-refractivity contribution is 5.99. The number of halogens is 3. The molecule has 0 aliphatic carbocycles. The molecular formula is C33H25F3N2O. The maximum absolute atomic E-state index is 13.6. The second kappa shape index (κ2) is 9.55. The maximum atomic E-state index is 13.6. The third-order valence-corrected chi connectivity index (χ3v) is 7.30. The van der Waals surface area contributed by atoms with Crippen LogP contribution in [0.3, 0.4) is 0 Å². The molecule has 0 unspecified atom stereocenters. The van der Waals surface area contributed by atoms with Crippen molar-refractivity contribution in [1.82, 2.24) is 9.97 Å². The molecule has 0 radical (unpaired) electrons. The molecule has 0 aliphatic rings. The second-order valence-electron chi connectivity index (χ2n) is 9.40. The number of benzene rings is 4. The fourth-order valence-corrected chi connectivity index (χ4v) is 5.62. The summed E-state index contributed by atoms with van der Waals surface area (Å²) in [6.45, 7) is 0. The van der Waals surface area contributed by atoms with Crippen molar-refractivity contribution in [2.75, 3.05) is 7.11 Å². The monoisotopic (exact) mass is 522 g/mol. The molecule has 6 heteroatoms. The van der Waals surface area contributed by atoms with E-state index in [0.717, 1.165) is 51.1 Å². The van der Waals surface area contributed by atoms with Crippen LogP contribution in [0.2, 0.25) is 0 Å². The van der Waals surface area contributed by atoms with Gasteiger partial charge in [0.25, 0.3) is 0 Å². The van der Waals surface area contributed by atoms with Gasteiger partial charge in [0.1, 0.15) is 11.2 Å². The summed E-state index contributed by atoms with van der Waals surface area (Å²) in [6.07, 6.45) is -2.62. The van der Waals surface area contributed by atoms with Crippen LogP contribution in [-0.2, 0) is 11.6 Å². The molecule has 0 bridgehead atoms. The molecule has 0 spiro atoms. The Morgan fingerprint density at radius 3 is 2.03 bits per heavy atom. The van der Waals surface area contributed by atoms with Crippen molar-refractivity contribution >= 4 is 10.9 Å². The van der Waals surface area contributed by atoms with Crippen molar-refractivity contribution in [3.05, 3.63) is 150 Å². The minimum absolute atomic E-state index is 0.615. The molecule has 0 amide bonds. The summed E-state index contributed by atoms with van der Waals surface area (Å²) in [5, 5.41) is 1.01. The summed E-state index contributed by atoms with van der Waals surface area (Å²) in [6, 6.07) is 35.0. The van der Waals surface area contributed by atoms with Crippen molar-refractivity contribution in [2.24, 2.45) is 0 Å². The van der Waals surface area contributed by atoms with Gasteiger partial charge in [-0.3, -0.25) is 0 Å². The number of hydrogen-bond acceptors (Lipinski definition) is 1. The highest BCUT2D eigenvalue weighted by Gasteiger charge is 2.45. The molecular weight excluding hydrogens is 497 g/mol. The molecule has 39 heavy (non-hydrogen) atoms. The van der Waals surface area contributed by atoms with Crippen LogP contribution >= 0.6 is 0 Å². The molecule has 0 aliphatic heterocycles. The smallest absolute Gasteiger partial charge is 0.416 e. The number of fused-ring (bicyclic) bond motifs is 1. The topological polar surface area (TPSA) is 40.8 Å². The normalized spacial score (nSPS) is 13.3. The number of alkyl halides is 3. The Balaban J connectivity index is 1.81.